The van der Waals surface area contributed by atoms with Gasteiger partial charge in [-0.15, -0.1) is 0 Å². The lowest BCUT2D eigenvalue weighted by atomic mass is 9.93. The number of carbonyl (C=O) groups excluding carboxylic acids is 2. The molecule has 0 bridgehead atoms. The molecule has 2 aromatic carbocycles. The van der Waals surface area contributed by atoms with Gasteiger partial charge in [0.15, 0.2) is 0 Å². The van der Waals surface area contributed by atoms with Crippen LogP contribution in [0.15, 0.2) is 66.7 Å². The maximum Gasteiger partial charge on any atom is 0.271 e. The third-order valence-corrected chi connectivity index (χ3v) is 7.41. The molecule has 2 heterocycles. The predicted molar refractivity (Wildman–Crippen MR) is 130 cm³/mol. The lowest BCUT2D eigenvalue weighted by Gasteiger charge is -2.45. The number of halogens is 1. The zero-order valence-corrected chi connectivity index (χ0v) is 19.5. The third-order valence-electron chi connectivity index (χ3n) is 7.04. The molecule has 0 spiro atoms. The van der Waals surface area contributed by atoms with Crippen LogP contribution in [0, 0.1) is 0 Å². The lowest BCUT2D eigenvalue weighted by Crippen LogP contribution is -2.64. The van der Waals surface area contributed by atoms with Crippen LogP contribution in [0.1, 0.15) is 48.7 Å². The average Bonchev–Trinajstić information content (AvgIpc) is 3.48. The molecule has 1 fully saturated rings. The smallest absolute Gasteiger partial charge is 0.271 e. The summed E-state index contributed by atoms with van der Waals surface area (Å²) in [5, 5.41) is 3.84. The van der Waals surface area contributed by atoms with Crippen molar-refractivity contribution in [1.82, 2.24) is 14.8 Å². The first-order chi connectivity index (χ1) is 16.0. The van der Waals surface area contributed by atoms with Gasteiger partial charge in [0, 0.05) is 23.3 Å². The van der Waals surface area contributed by atoms with E-state index >= 15 is 0 Å². The Kier molecular flexibility index (Phi) is 5.75. The molecule has 5 rings (SSSR count). The zero-order chi connectivity index (χ0) is 23.0. The molecule has 2 aliphatic rings. The topological polar surface area (TPSA) is 54.3 Å². The van der Waals surface area contributed by atoms with Crippen LogP contribution in [0.3, 0.4) is 0 Å². The normalized spacial score (nSPS) is 20.7. The van der Waals surface area contributed by atoms with Gasteiger partial charge in [0.25, 0.3) is 5.91 Å². The Morgan fingerprint density at radius 2 is 1.67 bits per heavy atom. The van der Waals surface area contributed by atoms with Gasteiger partial charge in [0.1, 0.15) is 11.2 Å². The Hall–Kier alpha value is -3.05. The molecule has 1 atom stereocenters. The molecule has 1 N–H and O–H groups in total. The first-order valence-electron chi connectivity index (χ1n) is 11.6. The van der Waals surface area contributed by atoms with Crippen LogP contribution < -0.4 is 5.32 Å². The molecule has 2 amide bonds. The molecule has 1 saturated carbocycles. The van der Waals surface area contributed by atoms with E-state index in [1.54, 1.807) is 4.90 Å². The van der Waals surface area contributed by atoms with Crippen LogP contribution >= 0.6 is 11.6 Å². The molecule has 0 unspecified atom stereocenters. The van der Waals surface area contributed by atoms with Crippen LogP contribution in [-0.4, -0.2) is 32.9 Å². The number of nitrogens with zero attached hydrogens (tertiary/aromatic N) is 2. The summed E-state index contributed by atoms with van der Waals surface area (Å²) in [6.07, 6.45) is 4.24. The van der Waals surface area contributed by atoms with Gasteiger partial charge in [-0.2, -0.15) is 0 Å². The van der Waals surface area contributed by atoms with Crippen molar-refractivity contribution in [2.24, 2.45) is 0 Å². The predicted octanol–water partition coefficient (Wildman–Crippen LogP) is 5.28. The van der Waals surface area contributed by atoms with E-state index in [4.69, 9.17) is 11.6 Å². The minimum atomic E-state index is -1.05. The van der Waals surface area contributed by atoms with Gasteiger partial charge >= 0.3 is 0 Å². The van der Waals surface area contributed by atoms with E-state index in [-0.39, 0.29) is 24.4 Å². The molecule has 1 aliphatic heterocycles. The molecule has 1 aromatic heterocycles. The summed E-state index contributed by atoms with van der Waals surface area (Å²) in [6.45, 7) is 2.54. The summed E-state index contributed by atoms with van der Waals surface area (Å²) in [5.74, 6) is -0.263. The van der Waals surface area contributed by atoms with E-state index in [2.05, 4.69) is 5.32 Å². The fourth-order valence-corrected chi connectivity index (χ4v) is 5.29. The van der Waals surface area contributed by atoms with Crippen LogP contribution in [-0.2, 0) is 17.9 Å². The maximum atomic E-state index is 13.8. The Morgan fingerprint density at radius 3 is 2.39 bits per heavy atom. The summed E-state index contributed by atoms with van der Waals surface area (Å²) in [7, 11) is 0. The van der Waals surface area contributed by atoms with Crippen LogP contribution in [0.5, 0.6) is 0 Å². The van der Waals surface area contributed by atoms with Crippen molar-refractivity contribution in [3.8, 4) is 11.3 Å². The van der Waals surface area contributed by atoms with Crippen molar-refractivity contribution in [3.63, 3.8) is 0 Å². The second kappa shape index (κ2) is 8.71. The summed E-state index contributed by atoms with van der Waals surface area (Å²) in [6, 6.07) is 21.5. The van der Waals surface area contributed by atoms with E-state index < -0.39 is 5.54 Å². The first-order valence-corrected chi connectivity index (χ1v) is 12.0. The Balaban J connectivity index is 1.56. The quantitative estimate of drug-likeness (QED) is 0.561. The van der Waals surface area contributed by atoms with Gasteiger partial charge in [-0.05, 0) is 49.1 Å². The number of benzene rings is 2. The standard InChI is InChI=1S/C27H28ClN3O2/c1-27(26(33)29-21-12-6-7-13-21)18-30-23(19-9-3-2-4-10-19)15-16-24(30)25(32)31(27)17-20-11-5-8-14-22(20)28/h2-5,8-11,14-16,21H,6-7,12-13,17-18H2,1H3,(H,29,33)/t27-/m0/s1. The molecule has 6 heteroatoms. The molecular formula is C27H28ClN3O2. The minimum absolute atomic E-state index is 0.104. The van der Waals surface area contributed by atoms with Gasteiger partial charge < -0.3 is 14.8 Å². The molecule has 5 nitrogen and oxygen atoms in total. The van der Waals surface area contributed by atoms with E-state index in [0.717, 1.165) is 42.5 Å². The molecular weight excluding hydrogens is 434 g/mol. The summed E-state index contributed by atoms with van der Waals surface area (Å²) >= 11 is 6.44. The minimum Gasteiger partial charge on any atom is -0.351 e. The first kappa shape index (κ1) is 21.8. The van der Waals surface area contributed by atoms with E-state index in [1.165, 1.54) is 0 Å². The van der Waals surface area contributed by atoms with Gasteiger partial charge in [-0.3, -0.25) is 9.59 Å². The second-order valence-electron chi connectivity index (χ2n) is 9.27. The van der Waals surface area contributed by atoms with Gasteiger partial charge in [-0.25, -0.2) is 0 Å². The largest absolute Gasteiger partial charge is 0.351 e. The number of aromatic nitrogens is 1. The SMILES string of the molecule is C[C@@]1(C(=O)NC2CCCC2)Cn2c(ccc2-c2ccccc2)C(=O)N1Cc1ccccc1Cl. The van der Waals surface area contributed by atoms with Crippen LogP contribution in [0.4, 0.5) is 0 Å². The summed E-state index contributed by atoms with van der Waals surface area (Å²) < 4.78 is 2.00. The fourth-order valence-electron chi connectivity index (χ4n) is 5.09. The van der Waals surface area contributed by atoms with Gasteiger partial charge in [0.05, 0.1) is 6.54 Å². The van der Waals surface area contributed by atoms with Crippen molar-refractivity contribution in [3.05, 3.63) is 83.0 Å². The number of nitrogens with one attached hydrogen (secondary N) is 1. The number of carbonyl (C=O) groups is 2. The summed E-state index contributed by atoms with van der Waals surface area (Å²) in [5.41, 5.74) is 2.34. The second-order valence-corrected chi connectivity index (χ2v) is 9.67. The Morgan fingerprint density at radius 1 is 1.00 bits per heavy atom. The van der Waals surface area contributed by atoms with Crippen molar-refractivity contribution in [2.75, 3.05) is 0 Å². The van der Waals surface area contributed by atoms with Crippen LogP contribution in [0.25, 0.3) is 11.3 Å². The van der Waals surface area contributed by atoms with Crippen molar-refractivity contribution < 1.29 is 9.59 Å². The van der Waals surface area contributed by atoms with E-state index in [0.29, 0.717) is 17.3 Å². The molecule has 0 radical (unpaired) electrons. The number of rotatable bonds is 5. The highest BCUT2D eigenvalue weighted by Crippen LogP contribution is 2.35. The highest BCUT2D eigenvalue weighted by Gasteiger charge is 2.48. The number of fused-ring (bicyclic) bond motifs is 1. The third kappa shape index (κ3) is 3.95. The molecule has 170 valence electrons. The fraction of sp³-hybridized carbons (Fsp3) is 0.333. The van der Waals surface area contributed by atoms with Gasteiger partial charge in [0.2, 0.25) is 5.91 Å². The average molecular weight is 462 g/mol. The molecule has 1 aliphatic carbocycles. The van der Waals surface area contributed by atoms with Crippen molar-refractivity contribution in [2.45, 2.75) is 57.3 Å². The van der Waals surface area contributed by atoms with Crippen LogP contribution in [0.2, 0.25) is 5.02 Å². The zero-order valence-electron chi connectivity index (χ0n) is 18.8. The number of hydrogen-bond donors (Lipinski definition) is 1. The van der Waals surface area contributed by atoms with Crippen molar-refractivity contribution in [1.29, 1.82) is 0 Å². The highest BCUT2D eigenvalue weighted by atomic mass is 35.5. The van der Waals surface area contributed by atoms with Crippen molar-refractivity contribution >= 4 is 23.4 Å². The van der Waals surface area contributed by atoms with E-state index in [1.807, 2.05) is 78.2 Å². The lowest BCUT2D eigenvalue weighted by molar-refractivity contribution is -0.133. The molecule has 0 saturated heterocycles. The monoisotopic (exact) mass is 461 g/mol. The Labute approximate surface area is 199 Å². The number of amides is 2. The highest BCUT2D eigenvalue weighted by molar-refractivity contribution is 6.31. The van der Waals surface area contributed by atoms with E-state index in [9.17, 15) is 9.59 Å². The summed E-state index contributed by atoms with van der Waals surface area (Å²) in [4.78, 5) is 29.2. The maximum absolute atomic E-state index is 13.8. The molecule has 33 heavy (non-hydrogen) atoms. The molecule has 3 aromatic rings. The number of hydrogen-bond acceptors (Lipinski definition) is 2. The van der Waals surface area contributed by atoms with Gasteiger partial charge in [-0.1, -0.05) is 73.0 Å². The Bertz CT molecular complexity index is 1180.